The SMILES string of the molecule is COc1ccc(CN(C[C@@H]2CCCO2)C(=O)NC(C)C)cc1OS(C)(=O)=O. The van der Waals surface area contributed by atoms with Crippen LogP contribution in [0.15, 0.2) is 18.2 Å². The maximum Gasteiger partial charge on any atom is 0.317 e. The number of hydrogen-bond acceptors (Lipinski definition) is 6. The summed E-state index contributed by atoms with van der Waals surface area (Å²) in [5, 5.41) is 2.89. The zero-order chi connectivity index (χ0) is 20.0. The highest BCUT2D eigenvalue weighted by Gasteiger charge is 2.24. The first-order valence-electron chi connectivity index (χ1n) is 8.91. The van der Waals surface area contributed by atoms with E-state index in [0.29, 0.717) is 25.4 Å². The van der Waals surface area contributed by atoms with Crippen LogP contribution in [0.5, 0.6) is 11.5 Å². The Hall–Kier alpha value is -2.00. The minimum atomic E-state index is -3.70. The van der Waals surface area contributed by atoms with Gasteiger partial charge in [-0.05, 0) is 44.4 Å². The van der Waals surface area contributed by atoms with Crippen LogP contribution in [0.4, 0.5) is 4.79 Å². The fourth-order valence-corrected chi connectivity index (χ4v) is 3.32. The summed E-state index contributed by atoms with van der Waals surface area (Å²) in [6.07, 6.45) is 2.88. The number of hydrogen-bond donors (Lipinski definition) is 1. The van der Waals surface area contributed by atoms with Crippen LogP contribution in [0.25, 0.3) is 0 Å². The van der Waals surface area contributed by atoms with E-state index in [1.54, 1.807) is 23.1 Å². The first kappa shape index (κ1) is 21.3. The maximum absolute atomic E-state index is 12.6. The average Bonchev–Trinajstić information content (AvgIpc) is 3.05. The monoisotopic (exact) mass is 400 g/mol. The predicted octanol–water partition coefficient (Wildman–Crippen LogP) is 2.13. The summed E-state index contributed by atoms with van der Waals surface area (Å²) in [7, 11) is -2.26. The summed E-state index contributed by atoms with van der Waals surface area (Å²) < 4.78 is 38.8. The molecule has 1 aliphatic rings. The summed E-state index contributed by atoms with van der Waals surface area (Å²) in [4.78, 5) is 14.3. The number of carbonyl (C=O) groups excluding carboxylic acids is 1. The van der Waals surface area contributed by atoms with Crippen LogP contribution in [-0.4, -0.2) is 58.0 Å². The van der Waals surface area contributed by atoms with Crippen LogP contribution in [0, 0.1) is 0 Å². The van der Waals surface area contributed by atoms with Gasteiger partial charge in [0.2, 0.25) is 0 Å². The lowest BCUT2D eigenvalue weighted by Crippen LogP contribution is -2.45. The van der Waals surface area contributed by atoms with Crippen LogP contribution in [0.1, 0.15) is 32.3 Å². The molecule has 1 atom stereocenters. The first-order chi connectivity index (χ1) is 12.7. The molecule has 27 heavy (non-hydrogen) atoms. The molecule has 1 aromatic rings. The van der Waals surface area contributed by atoms with Gasteiger partial charge < -0.3 is 23.9 Å². The summed E-state index contributed by atoms with van der Waals surface area (Å²) in [6, 6.07) is 4.79. The van der Waals surface area contributed by atoms with Crippen LogP contribution in [0.2, 0.25) is 0 Å². The number of ether oxygens (including phenoxy) is 2. The van der Waals surface area contributed by atoms with Crippen LogP contribution < -0.4 is 14.2 Å². The van der Waals surface area contributed by atoms with Crippen LogP contribution >= 0.6 is 0 Å². The Morgan fingerprint density at radius 3 is 2.67 bits per heavy atom. The molecule has 1 N–H and O–H groups in total. The molecule has 1 aliphatic heterocycles. The van der Waals surface area contributed by atoms with E-state index in [-0.39, 0.29) is 23.9 Å². The lowest BCUT2D eigenvalue weighted by molar-refractivity contribution is 0.0791. The molecule has 1 heterocycles. The van der Waals surface area contributed by atoms with Crippen molar-refractivity contribution in [1.29, 1.82) is 0 Å². The minimum absolute atomic E-state index is 0.00416. The fourth-order valence-electron chi connectivity index (χ4n) is 2.86. The molecule has 0 spiro atoms. The van der Waals surface area contributed by atoms with Crippen LogP contribution in [-0.2, 0) is 21.4 Å². The normalized spacial score (nSPS) is 17.0. The Labute approximate surface area is 160 Å². The molecule has 2 rings (SSSR count). The summed E-state index contributed by atoms with van der Waals surface area (Å²) in [6.45, 7) is 5.26. The van der Waals surface area contributed by atoms with Crippen molar-refractivity contribution < 1.29 is 26.9 Å². The van der Waals surface area contributed by atoms with E-state index in [9.17, 15) is 13.2 Å². The second-order valence-corrected chi connectivity index (χ2v) is 8.47. The molecule has 0 radical (unpaired) electrons. The zero-order valence-corrected chi connectivity index (χ0v) is 17.0. The molecule has 8 nitrogen and oxygen atoms in total. The Balaban J connectivity index is 2.21. The number of nitrogens with zero attached hydrogens (tertiary/aromatic N) is 1. The topological polar surface area (TPSA) is 94.2 Å². The molecule has 0 aromatic heterocycles. The van der Waals surface area contributed by atoms with Crippen molar-refractivity contribution in [2.24, 2.45) is 0 Å². The third-order valence-electron chi connectivity index (χ3n) is 3.99. The maximum atomic E-state index is 12.6. The molecule has 0 saturated carbocycles. The van der Waals surface area contributed by atoms with Gasteiger partial charge in [0.15, 0.2) is 11.5 Å². The van der Waals surface area contributed by atoms with E-state index in [2.05, 4.69) is 5.32 Å². The summed E-state index contributed by atoms with van der Waals surface area (Å²) in [5.41, 5.74) is 0.728. The lowest BCUT2D eigenvalue weighted by Gasteiger charge is -2.27. The molecule has 1 saturated heterocycles. The molecule has 9 heteroatoms. The van der Waals surface area contributed by atoms with Gasteiger partial charge in [0.1, 0.15) is 0 Å². The molecule has 2 amide bonds. The second kappa shape index (κ2) is 9.27. The average molecular weight is 400 g/mol. The Morgan fingerprint density at radius 1 is 1.37 bits per heavy atom. The zero-order valence-electron chi connectivity index (χ0n) is 16.2. The molecule has 1 aromatic carbocycles. The predicted molar refractivity (Wildman–Crippen MR) is 102 cm³/mol. The van der Waals surface area contributed by atoms with E-state index in [0.717, 1.165) is 24.7 Å². The highest BCUT2D eigenvalue weighted by atomic mass is 32.2. The Kier molecular flexibility index (Phi) is 7.32. The van der Waals surface area contributed by atoms with Crippen molar-refractivity contribution in [1.82, 2.24) is 10.2 Å². The molecule has 0 unspecified atom stereocenters. The van der Waals surface area contributed by atoms with Gasteiger partial charge in [-0.2, -0.15) is 8.42 Å². The third-order valence-corrected chi connectivity index (χ3v) is 4.47. The quantitative estimate of drug-likeness (QED) is 0.672. The lowest BCUT2D eigenvalue weighted by atomic mass is 10.1. The third kappa shape index (κ3) is 6.91. The molecule has 0 bridgehead atoms. The van der Waals surface area contributed by atoms with E-state index in [1.807, 2.05) is 13.8 Å². The number of amides is 2. The van der Waals surface area contributed by atoms with Crippen molar-refractivity contribution in [2.75, 3.05) is 26.5 Å². The number of carbonyl (C=O) groups is 1. The second-order valence-electron chi connectivity index (χ2n) is 6.89. The van der Waals surface area contributed by atoms with Gasteiger partial charge in [0.05, 0.1) is 19.5 Å². The van der Waals surface area contributed by atoms with Gasteiger partial charge in [-0.25, -0.2) is 4.79 Å². The van der Waals surface area contributed by atoms with Gasteiger partial charge in [0.25, 0.3) is 0 Å². The fraction of sp³-hybridized carbons (Fsp3) is 0.611. The molecule has 152 valence electrons. The van der Waals surface area contributed by atoms with Crippen LogP contribution in [0.3, 0.4) is 0 Å². The first-order valence-corrected chi connectivity index (χ1v) is 10.7. The number of nitrogens with one attached hydrogen (secondary N) is 1. The Morgan fingerprint density at radius 2 is 2.11 bits per heavy atom. The standard InChI is InChI=1S/C18H28N2O6S/c1-13(2)19-18(21)20(12-15-6-5-9-25-15)11-14-7-8-16(24-3)17(10-14)26-27(4,22)23/h7-8,10,13,15H,5-6,9,11-12H2,1-4H3,(H,19,21)/t15-/m0/s1. The van der Waals surface area contributed by atoms with E-state index >= 15 is 0 Å². The van der Waals surface area contributed by atoms with Gasteiger partial charge in [-0.1, -0.05) is 6.07 Å². The molecular formula is C18H28N2O6S. The molecule has 1 fully saturated rings. The minimum Gasteiger partial charge on any atom is -0.493 e. The largest absolute Gasteiger partial charge is 0.493 e. The van der Waals surface area contributed by atoms with Gasteiger partial charge in [-0.15, -0.1) is 0 Å². The van der Waals surface area contributed by atoms with Crippen molar-refractivity contribution >= 4 is 16.1 Å². The summed E-state index contributed by atoms with van der Waals surface area (Å²) in [5.74, 6) is 0.403. The van der Waals surface area contributed by atoms with E-state index in [1.165, 1.54) is 7.11 Å². The highest BCUT2D eigenvalue weighted by molar-refractivity contribution is 7.86. The number of methoxy groups -OCH3 is 1. The van der Waals surface area contributed by atoms with Crippen molar-refractivity contribution in [2.45, 2.75) is 45.4 Å². The van der Waals surface area contributed by atoms with E-state index < -0.39 is 10.1 Å². The summed E-state index contributed by atoms with van der Waals surface area (Å²) >= 11 is 0. The van der Waals surface area contributed by atoms with Gasteiger partial charge >= 0.3 is 16.1 Å². The smallest absolute Gasteiger partial charge is 0.317 e. The number of benzene rings is 1. The molecular weight excluding hydrogens is 372 g/mol. The Bertz CT molecular complexity index is 744. The van der Waals surface area contributed by atoms with Gasteiger partial charge in [0, 0.05) is 25.7 Å². The van der Waals surface area contributed by atoms with E-state index in [4.69, 9.17) is 13.7 Å². The van der Waals surface area contributed by atoms with Crippen molar-refractivity contribution in [3.8, 4) is 11.5 Å². The number of urea groups is 1. The van der Waals surface area contributed by atoms with Crippen molar-refractivity contribution in [3.05, 3.63) is 23.8 Å². The highest BCUT2D eigenvalue weighted by Crippen LogP contribution is 2.30. The van der Waals surface area contributed by atoms with Crippen molar-refractivity contribution in [3.63, 3.8) is 0 Å². The van der Waals surface area contributed by atoms with Gasteiger partial charge in [-0.3, -0.25) is 0 Å². The number of rotatable bonds is 8. The molecule has 0 aliphatic carbocycles.